The molecule has 4 bridgehead atoms. The number of pyridine rings is 1. The summed E-state index contributed by atoms with van der Waals surface area (Å²) in [5.41, 5.74) is 4.03. The van der Waals surface area contributed by atoms with Gasteiger partial charge in [-0.2, -0.15) is 0 Å². The number of aryl methyl sites for hydroxylation is 1. The van der Waals surface area contributed by atoms with Gasteiger partial charge in [0.25, 0.3) is 11.8 Å². The fourth-order valence-electron chi connectivity index (χ4n) is 8.88. The van der Waals surface area contributed by atoms with E-state index in [-0.39, 0.29) is 17.6 Å². The number of hydrogen-bond donors (Lipinski definition) is 1. The van der Waals surface area contributed by atoms with Crippen molar-refractivity contribution in [2.45, 2.75) is 45.4 Å². The summed E-state index contributed by atoms with van der Waals surface area (Å²) in [7, 11) is 1.92. The lowest BCUT2D eigenvalue weighted by molar-refractivity contribution is -0.0629. The minimum atomic E-state index is -0.0492. The molecule has 5 aliphatic rings. The Balaban J connectivity index is 0.943. The van der Waals surface area contributed by atoms with Gasteiger partial charge in [-0.15, -0.1) is 10.2 Å². The zero-order valence-corrected chi connectivity index (χ0v) is 25.1. The molecule has 8 rings (SSSR count). The van der Waals surface area contributed by atoms with E-state index in [9.17, 15) is 14.7 Å². The van der Waals surface area contributed by atoms with Crippen LogP contribution < -0.4 is 4.90 Å². The van der Waals surface area contributed by atoms with Gasteiger partial charge in [0.15, 0.2) is 11.5 Å². The molecule has 0 atom stereocenters. The van der Waals surface area contributed by atoms with Crippen molar-refractivity contribution in [1.29, 1.82) is 0 Å². The first-order valence-corrected chi connectivity index (χ1v) is 15.6. The van der Waals surface area contributed by atoms with Gasteiger partial charge in [0.1, 0.15) is 5.75 Å². The van der Waals surface area contributed by atoms with Crippen LogP contribution in [0.4, 0.5) is 5.82 Å². The van der Waals surface area contributed by atoms with Crippen molar-refractivity contribution >= 4 is 17.6 Å². The van der Waals surface area contributed by atoms with Gasteiger partial charge < -0.3 is 19.8 Å². The third-order valence-electron chi connectivity index (χ3n) is 10.4. The Kier molecular flexibility index (Phi) is 7.06. The van der Waals surface area contributed by atoms with Crippen LogP contribution in [0.5, 0.6) is 5.75 Å². The molecule has 2 amide bonds. The normalized spacial score (nSPS) is 26.0. The minimum Gasteiger partial charge on any atom is -0.506 e. The molecular weight excluding hydrogens is 540 g/mol. The molecule has 0 radical (unpaired) electrons. The molecule has 9 nitrogen and oxygen atoms in total. The standard InChI is InChI=1S/C34H40N6O3/c1-22-11-26(3-4-29(22)27-15-28(41)20-35-19-27)32(42)40-9-7-39(8-10-40)31-6-5-30(36-37-31)33(43)38(2)21-34-16-23-12-24(17-34)14-25(13-23)18-34/h3-6,11,15,19-20,23-25,41H,7-10,12-14,16-18,21H2,1-2H3. The molecule has 43 heavy (non-hydrogen) atoms. The molecule has 3 heterocycles. The van der Waals surface area contributed by atoms with Crippen LogP contribution in [0.25, 0.3) is 11.1 Å². The first-order chi connectivity index (χ1) is 20.7. The fraction of sp³-hybridized carbons (Fsp3) is 0.500. The Labute approximate surface area is 252 Å². The van der Waals surface area contributed by atoms with Gasteiger partial charge in [0.05, 0.1) is 6.20 Å². The predicted octanol–water partition coefficient (Wildman–Crippen LogP) is 4.80. The number of anilines is 1. The smallest absolute Gasteiger partial charge is 0.274 e. The highest BCUT2D eigenvalue weighted by Crippen LogP contribution is 2.60. The molecule has 224 valence electrons. The van der Waals surface area contributed by atoms with Crippen LogP contribution >= 0.6 is 0 Å². The number of rotatable bonds is 6. The zero-order chi connectivity index (χ0) is 29.7. The van der Waals surface area contributed by atoms with Crippen LogP contribution in [0.15, 0.2) is 48.8 Å². The highest BCUT2D eigenvalue weighted by molar-refractivity contribution is 5.95. The highest BCUT2D eigenvalue weighted by Gasteiger charge is 2.51. The summed E-state index contributed by atoms with van der Waals surface area (Å²) in [5, 5.41) is 18.5. The Morgan fingerprint density at radius 2 is 1.63 bits per heavy atom. The Morgan fingerprint density at radius 1 is 0.930 bits per heavy atom. The van der Waals surface area contributed by atoms with E-state index in [0.29, 0.717) is 42.9 Å². The summed E-state index contributed by atoms with van der Waals surface area (Å²) in [5.74, 6) is 3.38. The van der Waals surface area contributed by atoms with Gasteiger partial charge in [-0.05, 0) is 110 Å². The average molecular weight is 581 g/mol. The van der Waals surface area contributed by atoms with Gasteiger partial charge >= 0.3 is 0 Å². The molecule has 5 fully saturated rings. The lowest BCUT2D eigenvalue weighted by Crippen LogP contribution is -2.51. The van der Waals surface area contributed by atoms with E-state index in [1.165, 1.54) is 44.7 Å². The van der Waals surface area contributed by atoms with Crippen LogP contribution in [0.1, 0.15) is 64.9 Å². The summed E-state index contributed by atoms with van der Waals surface area (Å²) in [4.78, 5) is 36.5. The lowest BCUT2D eigenvalue weighted by Gasteiger charge is -2.57. The van der Waals surface area contributed by atoms with E-state index in [1.807, 2.05) is 48.0 Å². The topological polar surface area (TPSA) is 103 Å². The second-order valence-electron chi connectivity index (χ2n) is 13.6. The fourth-order valence-corrected chi connectivity index (χ4v) is 8.88. The second-order valence-corrected chi connectivity index (χ2v) is 13.6. The maximum Gasteiger partial charge on any atom is 0.274 e. The largest absolute Gasteiger partial charge is 0.506 e. The number of carbonyl (C=O) groups is 2. The number of aromatic nitrogens is 3. The van der Waals surface area contributed by atoms with Crippen molar-refractivity contribution in [3.8, 4) is 16.9 Å². The molecule has 0 unspecified atom stereocenters. The summed E-state index contributed by atoms with van der Waals surface area (Å²) >= 11 is 0. The number of carbonyl (C=O) groups excluding carboxylic acids is 2. The van der Waals surface area contributed by atoms with Crippen LogP contribution in [0.2, 0.25) is 0 Å². The summed E-state index contributed by atoms with van der Waals surface area (Å²) in [6, 6.07) is 11.0. The number of hydrogen-bond acceptors (Lipinski definition) is 7. The summed E-state index contributed by atoms with van der Waals surface area (Å²) in [6.45, 7) is 5.22. The van der Waals surface area contributed by atoms with E-state index < -0.39 is 0 Å². The van der Waals surface area contributed by atoms with Crippen LogP contribution in [0, 0.1) is 30.1 Å². The van der Waals surface area contributed by atoms with Crippen molar-refractivity contribution in [2.24, 2.45) is 23.2 Å². The molecule has 2 aromatic heterocycles. The third-order valence-corrected chi connectivity index (χ3v) is 10.4. The Hall–Kier alpha value is -4.01. The maximum absolute atomic E-state index is 13.3. The van der Waals surface area contributed by atoms with E-state index in [4.69, 9.17) is 0 Å². The number of piperazine rings is 1. The quantitative estimate of drug-likeness (QED) is 0.447. The van der Waals surface area contributed by atoms with Gasteiger partial charge in [0, 0.05) is 57.1 Å². The van der Waals surface area contributed by atoms with Crippen LogP contribution in [-0.4, -0.2) is 81.7 Å². The van der Waals surface area contributed by atoms with Gasteiger partial charge in [-0.1, -0.05) is 6.07 Å². The SMILES string of the molecule is Cc1cc(C(=O)N2CCN(c3ccc(C(=O)N(C)CC45CC6CC(CC(C6)C4)C5)nn3)CC2)ccc1-c1cncc(O)c1. The molecule has 4 saturated carbocycles. The first-order valence-electron chi connectivity index (χ1n) is 15.6. The van der Waals surface area contributed by atoms with Crippen molar-refractivity contribution in [3.05, 3.63) is 65.6 Å². The minimum absolute atomic E-state index is 0.00239. The van der Waals surface area contributed by atoms with Crippen LogP contribution in [0.3, 0.4) is 0 Å². The number of amides is 2. The lowest BCUT2D eigenvalue weighted by atomic mass is 9.49. The molecule has 1 N–H and O–H groups in total. The molecule has 1 aromatic carbocycles. The molecule has 9 heteroatoms. The highest BCUT2D eigenvalue weighted by atomic mass is 16.3. The monoisotopic (exact) mass is 580 g/mol. The number of benzene rings is 1. The zero-order valence-electron chi connectivity index (χ0n) is 25.1. The van der Waals surface area contributed by atoms with Gasteiger partial charge in [-0.25, -0.2) is 0 Å². The van der Waals surface area contributed by atoms with Crippen LogP contribution in [-0.2, 0) is 0 Å². The number of nitrogens with zero attached hydrogens (tertiary/aromatic N) is 6. The van der Waals surface area contributed by atoms with E-state index in [2.05, 4.69) is 20.1 Å². The summed E-state index contributed by atoms with van der Waals surface area (Å²) in [6.07, 6.45) is 11.1. The summed E-state index contributed by atoms with van der Waals surface area (Å²) < 4.78 is 0. The average Bonchev–Trinajstić information content (AvgIpc) is 2.99. The molecular formula is C34H40N6O3. The number of aromatic hydroxyl groups is 1. The van der Waals surface area contributed by atoms with Crippen molar-refractivity contribution < 1.29 is 14.7 Å². The first kappa shape index (κ1) is 27.8. The molecule has 1 aliphatic heterocycles. The maximum atomic E-state index is 13.3. The van der Waals surface area contributed by atoms with Gasteiger partial charge in [-0.3, -0.25) is 14.6 Å². The Bertz CT molecular complexity index is 1500. The van der Waals surface area contributed by atoms with E-state index >= 15 is 0 Å². The van der Waals surface area contributed by atoms with Gasteiger partial charge in [0.2, 0.25) is 0 Å². The van der Waals surface area contributed by atoms with Crippen molar-refractivity contribution in [3.63, 3.8) is 0 Å². The molecule has 0 spiro atoms. The van der Waals surface area contributed by atoms with E-state index in [0.717, 1.165) is 46.8 Å². The Morgan fingerprint density at radius 3 is 2.23 bits per heavy atom. The van der Waals surface area contributed by atoms with E-state index in [1.54, 1.807) is 18.3 Å². The molecule has 4 aliphatic carbocycles. The van der Waals surface area contributed by atoms with Crippen molar-refractivity contribution in [1.82, 2.24) is 25.0 Å². The molecule has 1 saturated heterocycles. The molecule has 3 aromatic rings. The third kappa shape index (κ3) is 5.45. The second kappa shape index (κ2) is 10.9. The predicted molar refractivity (Wildman–Crippen MR) is 164 cm³/mol. The van der Waals surface area contributed by atoms with Crippen molar-refractivity contribution in [2.75, 3.05) is 44.7 Å².